The van der Waals surface area contributed by atoms with Crippen molar-refractivity contribution in [2.45, 2.75) is 38.1 Å². The van der Waals surface area contributed by atoms with Crippen LogP contribution in [0.5, 0.6) is 0 Å². The number of hydrogen-bond donors (Lipinski definition) is 2. The summed E-state index contributed by atoms with van der Waals surface area (Å²) in [6, 6.07) is 5.28. The molecule has 4 rings (SSSR count). The van der Waals surface area contributed by atoms with Crippen molar-refractivity contribution in [1.29, 1.82) is 0 Å². The van der Waals surface area contributed by atoms with Gasteiger partial charge in [0, 0.05) is 23.6 Å². The number of nitrogens with zero attached hydrogens (tertiary/aromatic N) is 2. The minimum absolute atomic E-state index is 0.0328. The lowest BCUT2D eigenvalue weighted by Gasteiger charge is -2.32. The second-order valence-corrected chi connectivity index (χ2v) is 7.97. The summed E-state index contributed by atoms with van der Waals surface area (Å²) in [6.45, 7) is 1.88. The van der Waals surface area contributed by atoms with Gasteiger partial charge in [-0.05, 0) is 31.5 Å². The van der Waals surface area contributed by atoms with E-state index < -0.39 is 23.6 Å². The van der Waals surface area contributed by atoms with Gasteiger partial charge in [0.25, 0.3) is 5.91 Å². The van der Waals surface area contributed by atoms with Crippen molar-refractivity contribution in [1.82, 2.24) is 9.97 Å². The van der Waals surface area contributed by atoms with Crippen molar-refractivity contribution in [3.63, 3.8) is 0 Å². The standard InChI is InChI=1S/C21H19F2N3O3S/c1-11-7-12(27)8-18(29-11)13-5-6-24-9-16(13)25-20(28)17-10-30-21(26-17)19-14(22)3-2-4-15(19)23/h2-6,9-12,18,27H,7-8H2,1H3,(H,25,28)/t11-,12+,18-/m1/s1. The van der Waals surface area contributed by atoms with Gasteiger partial charge in [-0.15, -0.1) is 11.3 Å². The zero-order valence-corrected chi connectivity index (χ0v) is 16.8. The molecule has 1 saturated heterocycles. The molecule has 0 unspecified atom stereocenters. The number of aliphatic hydroxyl groups is 1. The molecule has 1 aromatic carbocycles. The Morgan fingerprint density at radius 2 is 2.03 bits per heavy atom. The van der Waals surface area contributed by atoms with Gasteiger partial charge in [-0.25, -0.2) is 13.8 Å². The lowest BCUT2D eigenvalue weighted by Crippen LogP contribution is -2.30. The van der Waals surface area contributed by atoms with Crippen LogP contribution in [0.15, 0.2) is 42.0 Å². The number of ether oxygens (including phenoxy) is 1. The van der Waals surface area contributed by atoms with Crippen LogP contribution in [0.1, 0.15) is 41.9 Å². The van der Waals surface area contributed by atoms with E-state index in [2.05, 4.69) is 15.3 Å². The maximum absolute atomic E-state index is 14.0. The first kappa shape index (κ1) is 20.5. The molecule has 1 fully saturated rings. The van der Waals surface area contributed by atoms with E-state index in [1.165, 1.54) is 17.6 Å². The van der Waals surface area contributed by atoms with E-state index in [4.69, 9.17) is 4.74 Å². The number of halogens is 2. The molecule has 6 nitrogen and oxygen atoms in total. The molecule has 9 heteroatoms. The second-order valence-electron chi connectivity index (χ2n) is 7.11. The first-order valence-corrected chi connectivity index (χ1v) is 10.3. The monoisotopic (exact) mass is 431 g/mol. The number of nitrogens with one attached hydrogen (secondary N) is 1. The summed E-state index contributed by atoms with van der Waals surface area (Å²) in [5.41, 5.74) is 0.896. The van der Waals surface area contributed by atoms with Crippen molar-refractivity contribution in [2.75, 3.05) is 5.32 Å². The maximum Gasteiger partial charge on any atom is 0.275 e. The van der Waals surface area contributed by atoms with Gasteiger partial charge < -0.3 is 15.2 Å². The van der Waals surface area contributed by atoms with Crippen molar-refractivity contribution < 1.29 is 23.4 Å². The van der Waals surface area contributed by atoms with E-state index >= 15 is 0 Å². The van der Waals surface area contributed by atoms with E-state index in [9.17, 15) is 18.7 Å². The molecule has 3 aromatic rings. The van der Waals surface area contributed by atoms with Gasteiger partial charge >= 0.3 is 0 Å². The number of carbonyl (C=O) groups is 1. The van der Waals surface area contributed by atoms with E-state index in [1.54, 1.807) is 12.3 Å². The molecular formula is C21H19F2N3O3S. The zero-order chi connectivity index (χ0) is 21.3. The van der Waals surface area contributed by atoms with Crippen molar-refractivity contribution >= 4 is 22.9 Å². The minimum atomic E-state index is -0.743. The summed E-state index contributed by atoms with van der Waals surface area (Å²) in [7, 11) is 0. The number of carbonyl (C=O) groups excluding carboxylic acids is 1. The Hall–Kier alpha value is -2.75. The van der Waals surface area contributed by atoms with E-state index in [1.807, 2.05) is 6.92 Å². The largest absolute Gasteiger partial charge is 0.393 e. The van der Waals surface area contributed by atoms with Crippen LogP contribution in [0.25, 0.3) is 10.6 Å². The lowest BCUT2D eigenvalue weighted by atomic mass is 9.96. The number of rotatable bonds is 4. The Morgan fingerprint density at radius 3 is 2.77 bits per heavy atom. The SMILES string of the molecule is C[C@@H]1C[C@H](O)C[C@H](c2ccncc2NC(=O)c2csc(-c3c(F)cccc3F)n2)O1. The third kappa shape index (κ3) is 4.23. The minimum Gasteiger partial charge on any atom is -0.393 e. The molecule has 0 aliphatic carbocycles. The highest BCUT2D eigenvalue weighted by atomic mass is 32.1. The zero-order valence-electron chi connectivity index (χ0n) is 16.0. The summed E-state index contributed by atoms with van der Waals surface area (Å²) in [6.07, 6.45) is 3.04. The maximum atomic E-state index is 14.0. The highest BCUT2D eigenvalue weighted by Gasteiger charge is 2.29. The van der Waals surface area contributed by atoms with Gasteiger partial charge in [0.05, 0.1) is 35.8 Å². The summed E-state index contributed by atoms with van der Waals surface area (Å²) in [5, 5.41) is 14.3. The van der Waals surface area contributed by atoms with Crippen LogP contribution in [0.2, 0.25) is 0 Å². The number of benzene rings is 1. The van der Waals surface area contributed by atoms with Crippen LogP contribution in [0.3, 0.4) is 0 Å². The smallest absolute Gasteiger partial charge is 0.275 e. The molecule has 0 bridgehead atoms. The molecular weight excluding hydrogens is 412 g/mol. The fraction of sp³-hybridized carbons (Fsp3) is 0.286. The average molecular weight is 431 g/mol. The normalized spacial score (nSPS) is 21.4. The average Bonchev–Trinajstić information content (AvgIpc) is 3.17. The van der Waals surface area contributed by atoms with Crippen LogP contribution < -0.4 is 5.32 Å². The van der Waals surface area contributed by atoms with Gasteiger partial charge in [0.15, 0.2) is 0 Å². The number of anilines is 1. The van der Waals surface area contributed by atoms with Gasteiger partial charge in [-0.3, -0.25) is 9.78 Å². The Kier molecular flexibility index (Phi) is 5.85. The van der Waals surface area contributed by atoms with Gasteiger partial charge in [0.1, 0.15) is 22.3 Å². The van der Waals surface area contributed by atoms with Gasteiger partial charge in [-0.2, -0.15) is 0 Å². The molecule has 1 aliphatic rings. The molecule has 3 heterocycles. The molecule has 3 atom stereocenters. The third-order valence-corrected chi connectivity index (χ3v) is 5.71. The lowest BCUT2D eigenvalue weighted by molar-refractivity contribution is -0.0892. The van der Waals surface area contributed by atoms with Crippen LogP contribution in [-0.4, -0.2) is 33.2 Å². The van der Waals surface area contributed by atoms with E-state index in [0.29, 0.717) is 24.1 Å². The van der Waals surface area contributed by atoms with Gasteiger partial charge in [-0.1, -0.05) is 6.07 Å². The predicted octanol–water partition coefficient (Wildman–Crippen LogP) is 4.34. The quantitative estimate of drug-likeness (QED) is 0.642. The third-order valence-electron chi connectivity index (χ3n) is 4.85. The molecule has 0 saturated carbocycles. The van der Waals surface area contributed by atoms with E-state index in [0.717, 1.165) is 23.5 Å². The predicted molar refractivity (Wildman–Crippen MR) is 108 cm³/mol. The van der Waals surface area contributed by atoms with Crippen LogP contribution >= 0.6 is 11.3 Å². The Morgan fingerprint density at radius 1 is 1.27 bits per heavy atom. The molecule has 156 valence electrons. The highest BCUT2D eigenvalue weighted by molar-refractivity contribution is 7.13. The molecule has 0 spiro atoms. The molecule has 2 N–H and O–H groups in total. The van der Waals surface area contributed by atoms with Gasteiger partial charge in [0.2, 0.25) is 0 Å². The van der Waals surface area contributed by atoms with Crippen molar-refractivity contribution in [3.8, 4) is 10.6 Å². The molecule has 0 radical (unpaired) electrons. The number of aromatic nitrogens is 2. The fourth-order valence-electron chi connectivity index (χ4n) is 3.49. The van der Waals surface area contributed by atoms with Crippen LogP contribution in [0, 0.1) is 11.6 Å². The number of amides is 1. The van der Waals surface area contributed by atoms with Crippen LogP contribution in [0.4, 0.5) is 14.5 Å². The van der Waals surface area contributed by atoms with Crippen molar-refractivity contribution in [2.24, 2.45) is 0 Å². The van der Waals surface area contributed by atoms with Crippen LogP contribution in [-0.2, 0) is 4.74 Å². The Bertz CT molecular complexity index is 1040. The molecule has 1 aliphatic heterocycles. The number of aliphatic hydroxyl groups excluding tert-OH is 1. The topological polar surface area (TPSA) is 84.3 Å². The first-order chi connectivity index (χ1) is 14.4. The molecule has 1 amide bonds. The summed E-state index contributed by atoms with van der Waals surface area (Å²) < 4.78 is 33.9. The summed E-state index contributed by atoms with van der Waals surface area (Å²) in [5.74, 6) is -2.02. The van der Waals surface area contributed by atoms with E-state index in [-0.39, 0.29) is 28.5 Å². The fourth-order valence-corrected chi connectivity index (χ4v) is 4.34. The van der Waals surface area contributed by atoms with Crippen molar-refractivity contribution in [3.05, 3.63) is 64.9 Å². The first-order valence-electron chi connectivity index (χ1n) is 9.41. The molecule has 2 aromatic heterocycles. The number of thiazole rings is 1. The number of hydrogen-bond acceptors (Lipinski definition) is 6. The molecule has 30 heavy (non-hydrogen) atoms. The Labute approximate surface area is 175 Å². The number of pyridine rings is 1. The second kappa shape index (κ2) is 8.55. The summed E-state index contributed by atoms with van der Waals surface area (Å²) >= 11 is 0.977. The summed E-state index contributed by atoms with van der Waals surface area (Å²) in [4.78, 5) is 20.9. The Balaban J connectivity index is 1.57. The highest BCUT2D eigenvalue weighted by Crippen LogP contribution is 2.35.